The number of hydrogen-bond donors (Lipinski definition) is 3. The number of rotatable bonds is 8. The van der Waals surface area contributed by atoms with E-state index in [0.29, 0.717) is 28.8 Å². The summed E-state index contributed by atoms with van der Waals surface area (Å²) in [7, 11) is 1.57. The van der Waals surface area contributed by atoms with Gasteiger partial charge in [0.1, 0.15) is 16.6 Å². The number of hydrogen-bond acceptors (Lipinski definition) is 5. The molecule has 0 aliphatic heterocycles. The van der Waals surface area contributed by atoms with E-state index >= 15 is 0 Å². The van der Waals surface area contributed by atoms with E-state index in [1.807, 2.05) is 6.07 Å². The van der Waals surface area contributed by atoms with Crippen LogP contribution in [-0.4, -0.2) is 42.2 Å². The van der Waals surface area contributed by atoms with Gasteiger partial charge in [0.15, 0.2) is 0 Å². The molecule has 0 aliphatic rings. The number of nitrogens with one attached hydrogen (secondary N) is 2. The number of aliphatic hydroxyl groups excluding tert-OH is 1. The normalized spacial score (nSPS) is 11.3. The number of aliphatic hydroxyl groups is 1. The van der Waals surface area contributed by atoms with Crippen LogP contribution < -0.4 is 15.4 Å². The van der Waals surface area contributed by atoms with E-state index in [4.69, 9.17) is 21.4 Å². The molecule has 0 saturated heterocycles. The molecule has 0 bridgehead atoms. The summed E-state index contributed by atoms with van der Waals surface area (Å²) in [4.78, 5) is 29.7. The molecule has 0 atom stereocenters. The zero-order valence-corrected chi connectivity index (χ0v) is 17.6. The fourth-order valence-electron chi connectivity index (χ4n) is 2.84. The number of fused-ring (bicyclic) bond motifs is 1. The molecule has 0 aliphatic carbocycles. The molecule has 0 unspecified atom stereocenters. The molecule has 3 N–H and O–H groups in total. The van der Waals surface area contributed by atoms with Crippen LogP contribution in [0.3, 0.4) is 0 Å². The maximum atomic E-state index is 12.7. The third kappa shape index (κ3) is 5.81. The second-order valence-electron chi connectivity index (χ2n) is 6.64. The number of pyridine rings is 1. The smallest absolute Gasteiger partial charge is 0.267 e. The van der Waals surface area contributed by atoms with Crippen molar-refractivity contribution in [3.8, 4) is 5.75 Å². The van der Waals surface area contributed by atoms with Gasteiger partial charge < -0.3 is 20.5 Å². The van der Waals surface area contributed by atoms with E-state index in [1.165, 1.54) is 6.08 Å². The minimum Gasteiger partial charge on any atom is -0.497 e. The maximum absolute atomic E-state index is 12.7. The van der Waals surface area contributed by atoms with Crippen LogP contribution in [0, 0.1) is 0 Å². The van der Waals surface area contributed by atoms with Crippen molar-refractivity contribution in [3.05, 3.63) is 76.6 Å². The summed E-state index contributed by atoms with van der Waals surface area (Å²) in [5.74, 6) is -0.277. The second-order valence-corrected chi connectivity index (χ2v) is 7.00. The minimum absolute atomic E-state index is 0.0170. The summed E-state index contributed by atoms with van der Waals surface area (Å²) in [5.41, 5.74) is 1.54. The third-order valence-corrected chi connectivity index (χ3v) is 4.76. The first-order chi connectivity index (χ1) is 15.0. The second kappa shape index (κ2) is 10.6. The van der Waals surface area contributed by atoms with E-state index in [-0.39, 0.29) is 24.0 Å². The van der Waals surface area contributed by atoms with Crippen molar-refractivity contribution in [1.29, 1.82) is 0 Å². The molecule has 3 rings (SSSR count). The van der Waals surface area contributed by atoms with Gasteiger partial charge in [-0.3, -0.25) is 9.59 Å². The Morgan fingerprint density at radius 3 is 2.65 bits per heavy atom. The number of ether oxygens (including phenoxy) is 1. The van der Waals surface area contributed by atoms with Crippen molar-refractivity contribution in [2.75, 3.05) is 20.3 Å². The third-order valence-electron chi connectivity index (χ3n) is 4.45. The largest absolute Gasteiger partial charge is 0.497 e. The van der Waals surface area contributed by atoms with E-state index in [0.717, 1.165) is 5.39 Å². The average Bonchev–Trinajstić information content (AvgIpc) is 2.79. The lowest BCUT2D eigenvalue weighted by molar-refractivity contribution is -0.117. The van der Waals surface area contributed by atoms with Gasteiger partial charge in [-0.1, -0.05) is 29.8 Å². The van der Waals surface area contributed by atoms with Gasteiger partial charge in [0.2, 0.25) is 0 Å². The van der Waals surface area contributed by atoms with Gasteiger partial charge in [-0.2, -0.15) is 0 Å². The summed E-state index contributed by atoms with van der Waals surface area (Å²) >= 11 is 6.35. The fourth-order valence-corrected chi connectivity index (χ4v) is 3.04. The van der Waals surface area contributed by atoms with Crippen molar-refractivity contribution < 1.29 is 19.4 Å². The molecule has 0 fully saturated rings. The number of amides is 2. The quantitative estimate of drug-likeness (QED) is 0.284. The first kappa shape index (κ1) is 22.3. The van der Waals surface area contributed by atoms with E-state index in [9.17, 15) is 9.59 Å². The van der Waals surface area contributed by atoms with Crippen LogP contribution in [0.15, 0.2) is 60.3 Å². The van der Waals surface area contributed by atoms with Gasteiger partial charge in [0.25, 0.3) is 11.8 Å². The SMILES string of the molecule is COc1ccc2cc(C=C(NC(=O)c3ccccc3)C(=O)NCCCO)c(Cl)nc2c1. The minimum atomic E-state index is -0.497. The highest BCUT2D eigenvalue weighted by atomic mass is 35.5. The summed E-state index contributed by atoms with van der Waals surface area (Å²) in [5, 5.41) is 15.2. The summed E-state index contributed by atoms with van der Waals surface area (Å²) in [6.45, 7) is 0.205. The van der Waals surface area contributed by atoms with Crippen LogP contribution in [0.2, 0.25) is 5.15 Å². The first-order valence-electron chi connectivity index (χ1n) is 9.63. The fraction of sp³-hybridized carbons (Fsp3) is 0.174. The summed E-state index contributed by atoms with van der Waals surface area (Å²) in [6, 6.07) is 15.7. The predicted molar refractivity (Wildman–Crippen MR) is 120 cm³/mol. The van der Waals surface area contributed by atoms with E-state index in [2.05, 4.69) is 15.6 Å². The van der Waals surface area contributed by atoms with E-state index < -0.39 is 11.8 Å². The predicted octanol–water partition coefficient (Wildman–Crippen LogP) is 3.17. The van der Waals surface area contributed by atoms with E-state index in [1.54, 1.807) is 55.6 Å². The number of aromatic nitrogens is 1. The Balaban J connectivity index is 1.96. The van der Waals surface area contributed by atoms with Crippen molar-refractivity contribution in [2.45, 2.75) is 6.42 Å². The zero-order valence-electron chi connectivity index (χ0n) is 16.9. The number of carbonyl (C=O) groups excluding carboxylic acids is 2. The maximum Gasteiger partial charge on any atom is 0.267 e. The summed E-state index contributed by atoms with van der Waals surface area (Å²) < 4.78 is 5.21. The first-order valence-corrected chi connectivity index (χ1v) is 10.0. The lowest BCUT2D eigenvalue weighted by Gasteiger charge is -2.12. The number of nitrogens with zero attached hydrogens (tertiary/aromatic N) is 1. The highest BCUT2D eigenvalue weighted by Crippen LogP contribution is 2.25. The van der Waals surface area contributed by atoms with Crippen LogP contribution in [0.1, 0.15) is 22.3 Å². The van der Waals surface area contributed by atoms with Crippen LogP contribution in [0.5, 0.6) is 5.75 Å². The molecule has 0 radical (unpaired) electrons. The molecule has 0 spiro atoms. The Labute approximate surface area is 184 Å². The van der Waals surface area contributed by atoms with Gasteiger partial charge in [-0.25, -0.2) is 4.98 Å². The molecule has 2 amide bonds. The highest BCUT2D eigenvalue weighted by Gasteiger charge is 2.16. The molecule has 1 aromatic heterocycles. The standard InChI is InChI=1S/C23H22ClN3O4/c1-31-18-9-8-16-12-17(21(24)26-19(16)14-18)13-20(23(30)25-10-5-11-28)27-22(29)15-6-3-2-4-7-15/h2-4,6-9,12-14,28H,5,10-11H2,1H3,(H,25,30)(H,27,29). The van der Waals surface area contributed by atoms with Crippen molar-refractivity contribution in [2.24, 2.45) is 0 Å². The Morgan fingerprint density at radius 1 is 1.16 bits per heavy atom. The molecular weight excluding hydrogens is 418 g/mol. The monoisotopic (exact) mass is 439 g/mol. The molecule has 2 aromatic carbocycles. The molecule has 0 saturated carbocycles. The average molecular weight is 440 g/mol. The van der Waals surface area contributed by atoms with Gasteiger partial charge in [0.05, 0.1) is 12.6 Å². The molecule has 8 heteroatoms. The van der Waals surface area contributed by atoms with Gasteiger partial charge in [0, 0.05) is 35.7 Å². The van der Waals surface area contributed by atoms with Crippen LogP contribution in [0.4, 0.5) is 0 Å². The Bertz CT molecular complexity index is 1120. The molecule has 3 aromatic rings. The molecule has 31 heavy (non-hydrogen) atoms. The lowest BCUT2D eigenvalue weighted by Crippen LogP contribution is -2.35. The Morgan fingerprint density at radius 2 is 1.94 bits per heavy atom. The van der Waals surface area contributed by atoms with Crippen molar-refractivity contribution in [3.63, 3.8) is 0 Å². The van der Waals surface area contributed by atoms with Gasteiger partial charge in [-0.05, 0) is 42.8 Å². The number of methoxy groups -OCH3 is 1. The highest BCUT2D eigenvalue weighted by molar-refractivity contribution is 6.31. The summed E-state index contributed by atoms with van der Waals surface area (Å²) in [6.07, 6.45) is 1.87. The number of benzene rings is 2. The Hall–Kier alpha value is -3.42. The van der Waals surface area contributed by atoms with Crippen LogP contribution in [0.25, 0.3) is 17.0 Å². The zero-order chi connectivity index (χ0) is 22.2. The number of carbonyl (C=O) groups is 2. The van der Waals surface area contributed by atoms with Crippen molar-refractivity contribution in [1.82, 2.24) is 15.6 Å². The van der Waals surface area contributed by atoms with Crippen LogP contribution >= 0.6 is 11.6 Å². The van der Waals surface area contributed by atoms with Gasteiger partial charge >= 0.3 is 0 Å². The molecule has 1 heterocycles. The molecular formula is C23H22ClN3O4. The van der Waals surface area contributed by atoms with Gasteiger partial charge in [-0.15, -0.1) is 0 Å². The molecule has 7 nitrogen and oxygen atoms in total. The van der Waals surface area contributed by atoms with Crippen LogP contribution in [-0.2, 0) is 4.79 Å². The van der Waals surface area contributed by atoms with Crippen molar-refractivity contribution >= 4 is 40.4 Å². The Kier molecular flexibility index (Phi) is 7.59. The lowest BCUT2D eigenvalue weighted by atomic mass is 10.1. The topological polar surface area (TPSA) is 101 Å². The number of halogens is 1. The molecule has 160 valence electrons.